The van der Waals surface area contributed by atoms with Gasteiger partial charge in [0.15, 0.2) is 0 Å². The molecular weight excluding hydrogens is 272 g/mol. The van der Waals surface area contributed by atoms with E-state index in [-0.39, 0.29) is 23.7 Å². The minimum Gasteiger partial charge on any atom is -0.301 e. The Hall–Kier alpha value is -2.21. The van der Waals surface area contributed by atoms with Gasteiger partial charge >= 0.3 is 0 Å². The van der Waals surface area contributed by atoms with Gasteiger partial charge in [-0.25, -0.2) is 0 Å². The Morgan fingerprint density at radius 1 is 1.42 bits per heavy atom. The van der Waals surface area contributed by atoms with E-state index in [0.717, 1.165) is 6.07 Å². The minimum absolute atomic E-state index is 0.0431. The van der Waals surface area contributed by atoms with Gasteiger partial charge in [-0.15, -0.1) is 11.6 Å². The Labute approximate surface area is 113 Å². The molecule has 19 heavy (non-hydrogen) atoms. The lowest BCUT2D eigenvalue weighted by molar-refractivity contribution is -0.384. The molecule has 0 fully saturated rings. The maximum absolute atomic E-state index is 11.8. The Morgan fingerprint density at radius 3 is 2.68 bits per heavy atom. The topological polar surface area (TPSA) is 80.5 Å². The number of hydrogen-bond acceptors (Lipinski definition) is 4. The largest absolute Gasteiger partial charge is 0.301 e. The van der Waals surface area contributed by atoms with Gasteiger partial charge < -0.3 is 4.90 Å². The highest BCUT2D eigenvalue weighted by atomic mass is 35.5. The third kappa shape index (κ3) is 2.22. The van der Waals surface area contributed by atoms with Crippen LogP contribution in [0, 0.1) is 10.1 Å². The summed E-state index contributed by atoms with van der Waals surface area (Å²) in [6, 6.07) is 3.75. The minimum atomic E-state index is -0.749. The second-order valence-electron chi connectivity index (χ2n) is 4.06. The molecular formula is C12H9ClN2O4. The highest BCUT2D eigenvalue weighted by molar-refractivity contribution is 6.52. The highest BCUT2D eigenvalue weighted by Gasteiger charge is 2.36. The first-order valence-corrected chi connectivity index (χ1v) is 5.86. The van der Waals surface area contributed by atoms with Crippen molar-refractivity contribution in [1.82, 2.24) is 0 Å². The number of rotatable bonds is 4. The summed E-state index contributed by atoms with van der Waals surface area (Å²) in [5, 5.41) is 10.7. The molecule has 0 aliphatic carbocycles. The Kier molecular flexibility index (Phi) is 3.35. The number of ketones is 1. The molecule has 0 spiro atoms. The van der Waals surface area contributed by atoms with Crippen molar-refractivity contribution in [3.8, 4) is 0 Å². The van der Waals surface area contributed by atoms with Crippen LogP contribution in [-0.4, -0.2) is 29.0 Å². The molecule has 1 amide bonds. The number of benzene rings is 1. The molecule has 1 aromatic rings. The lowest BCUT2D eigenvalue weighted by Gasteiger charge is -2.16. The van der Waals surface area contributed by atoms with Gasteiger partial charge in [0.25, 0.3) is 17.4 Å². The van der Waals surface area contributed by atoms with Gasteiger partial charge in [0.1, 0.15) is 0 Å². The summed E-state index contributed by atoms with van der Waals surface area (Å²) in [7, 11) is 0. The summed E-state index contributed by atoms with van der Waals surface area (Å²) in [6.45, 7) is 3.79. The van der Waals surface area contributed by atoms with E-state index in [1.165, 1.54) is 17.0 Å². The molecule has 1 aliphatic heterocycles. The molecule has 1 aromatic carbocycles. The number of nitro groups is 1. The standard InChI is InChI=1S/C12H9ClN2O4/c1-7(5-13)6-14-10-3-2-8(15(18)19)4-9(10)11(16)12(14)17/h2-4H,1,5-6H2. The number of hydrogen-bond donors (Lipinski definition) is 0. The van der Waals surface area contributed by atoms with Crippen molar-refractivity contribution in [3.63, 3.8) is 0 Å². The Morgan fingerprint density at radius 2 is 2.11 bits per heavy atom. The highest BCUT2D eigenvalue weighted by Crippen LogP contribution is 2.32. The smallest absolute Gasteiger partial charge is 0.299 e. The lowest BCUT2D eigenvalue weighted by Crippen LogP contribution is -2.31. The van der Waals surface area contributed by atoms with E-state index < -0.39 is 16.6 Å². The van der Waals surface area contributed by atoms with Crippen LogP contribution in [0.1, 0.15) is 10.4 Å². The van der Waals surface area contributed by atoms with Gasteiger partial charge in [0.05, 0.1) is 16.2 Å². The summed E-state index contributed by atoms with van der Waals surface area (Å²) in [6.07, 6.45) is 0. The summed E-state index contributed by atoms with van der Waals surface area (Å²) in [5.41, 5.74) is 0.750. The molecule has 0 unspecified atom stereocenters. The van der Waals surface area contributed by atoms with Crippen molar-refractivity contribution in [3.05, 3.63) is 46.0 Å². The van der Waals surface area contributed by atoms with Crippen molar-refractivity contribution < 1.29 is 14.5 Å². The first kappa shape index (κ1) is 13.2. The molecule has 0 radical (unpaired) electrons. The molecule has 1 aliphatic rings. The summed E-state index contributed by atoms with van der Waals surface area (Å²) < 4.78 is 0. The van der Waals surface area contributed by atoms with E-state index in [9.17, 15) is 19.7 Å². The predicted molar refractivity (Wildman–Crippen MR) is 69.6 cm³/mol. The zero-order valence-corrected chi connectivity index (χ0v) is 10.5. The number of carbonyl (C=O) groups excluding carboxylic acids is 2. The quantitative estimate of drug-likeness (QED) is 0.277. The van der Waals surface area contributed by atoms with Crippen LogP contribution in [0.5, 0.6) is 0 Å². The Bertz CT molecular complexity index is 612. The summed E-state index contributed by atoms with van der Waals surface area (Å²) in [5.74, 6) is -1.30. The normalized spacial score (nSPS) is 13.6. The van der Waals surface area contributed by atoms with E-state index >= 15 is 0 Å². The van der Waals surface area contributed by atoms with Gasteiger partial charge in [0.2, 0.25) is 0 Å². The number of non-ortho nitro benzene ring substituents is 1. The van der Waals surface area contributed by atoms with Crippen LogP contribution in [0.25, 0.3) is 0 Å². The number of nitrogens with zero attached hydrogens (tertiary/aromatic N) is 2. The molecule has 0 aromatic heterocycles. The maximum Gasteiger partial charge on any atom is 0.299 e. The monoisotopic (exact) mass is 280 g/mol. The molecule has 0 N–H and O–H groups in total. The Balaban J connectivity index is 2.44. The molecule has 0 bridgehead atoms. The van der Waals surface area contributed by atoms with Gasteiger partial charge in [-0.1, -0.05) is 6.58 Å². The van der Waals surface area contributed by atoms with E-state index in [4.69, 9.17) is 11.6 Å². The zero-order chi connectivity index (χ0) is 14.2. The second-order valence-corrected chi connectivity index (χ2v) is 4.33. The van der Waals surface area contributed by atoms with Crippen LogP contribution in [0.4, 0.5) is 11.4 Å². The molecule has 0 saturated carbocycles. The van der Waals surface area contributed by atoms with Crippen molar-refractivity contribution in [2.75, 3.05) is 17.3 Å². The zero-order valence-electron chi connectivity index (χ0n) is 9.76. The number of carbonyl (C=O) groups is 2. The van der Waals surface area contributed by atoms with Gasteiger partial charge in [-0.3, -0.25) is 19.7 Å². The fraction of sp³-hybridized carbons (Fsp3) is 0.167. The first-order valence-electron chi connectivity index (χ1n) is 5.33. The number of amides is 1. The summed E-state index contributed by atoms with van der Waals surface area (Å²) in [4.78, 5) is 34.9. The number of alkyl halides is 1. The number of nitro benzene ring substituents is 1. The first-order chi connectivity index (χ1) is 8.95. The van der Waals surface area contributed by atoms with Crippen LogP contribution in [0.3, 0.4) is 0 Å². The van der Waals surface area contributed by atoms with Crippen molar-refractivity contribution in [2.45, 2.75) is 0 Å². The number of fused-ring (bicyclic) bond motifs is 1. The van der Waals surface area contributed by atoms with Crippen molar-refractivity contribution in [1.29, 1.82) is 0 Å². The average molecular weight is 281 g/mol. The molecule has 98 valence electrons. The van der Waals surface area contributed by atoms with Crippen LogP contribution < -0.4 is 4.90 Å². The van der Waals surface area contributed by atoms with Gasteiger partial charge in [-0.2, -0.15) is 0 Å². The number of Topliss-reactive ketones (excluding diaryl/α,β-unsaturated/α-hetero) is 1. The molecule has 2 rings (SSSR count). The molecule has 0 atom stereocenters. The molecule has 0 saturated heterocycles. The molecule has 7 heteroatoms. The van der Waals surface area contributed by atoms with Gasteiger partial charge in [-0.05, 0) is 11.6 Å². The number of anilines is 1. The lowest BCUT2D eigenvalue weighted by atomic mass is 10.1. The van der Waals surface area contributed by atoms with E-state index in [2.05, 4.69) is 6.58 Å². The summed E-state index contributed by atoms with van der Waals surface area (Å²) >= 11 is 5.60. The third-order valence-corrected chi connectivity index (χ3v) is 3.11. The van der Waals surface area contributed by atoms with Crippen LogP contribution in [-0.2, 0) is 4.79 Å². The van der Waals surface area contributed by atoms with Crippen LogP contribution >= 0.6 is 11.6 Å². The van der Waals surface area contributed by atoms with Crippen LogP contribution in [0.2, 0.25) is 0 Å². The second kappa shape index (κ2) is 4.81. The molecule has 1 heterocycles. The fourth-order valence-corrected chi connectivity index (χ4v) is 1.91. The average Bonchev–Trinajstić information content (AvgIpc) is 2.63. The van der Waals surface area contributed by atoms with Gasteiger partial charge in [0, 0.05) is 24.6 Å². The molecule has 6 nitrogen and oxygen atoms in total. The SMILES string of the molecule is C=C(CCl)CN1C(=O)C(=O)c2cc([N+](=O)[O-])ccc21. The van der Waals surface area contributed by atoms with E-state index in [1.54, 1.807) is 0 Å². The van der Waals surface area contributed by atoms with Crippen LogP contribution in [0.15, 0.2) is 30.4 Å². The number of halogens is 1. The maximum atomic E-state index is 11.8. The van der Waals surface area contributed by atoms with Crippen molar-refractivity contribution >= 4 is 34.7 Å². The van der Waals surface area contributed by atoms with Crippen molar-refractivity contribution in [2.24, 2.45) is 0 Å². The predicted octanol–water partition coefficient (Wildman–Crippen LogP) is 1.92. The van der Waals surface area contributed by atoms with E-state index in [0.29, 0.717) is 11.3 Å². The third-order valence-electron chi connectivity index (χ3n) is 2.74. The fourth-order valence-electron chi connectivity index (χ4n) is 1.82. The van der Waals surface area contributed by atoms with E-state index in [1.807, 2.05) is 0 Å².